The number of unbranched alkanes of at least 4 members (excludes halogenated alkanes) is 1. The summed E-state index contributed by atoms with van der Waals surface area (Å²) in [6.07, 6.45) is 3.22. The van der Waals surface area contributed by atoms with E-state index in [4.69, 9.17) is 0 Å². The molecule has 0 aromatic carbocycles. The first kappa shape index (κ1) is 15.1. The highest BCUT2D eigenvalue weighted by atomic mass is 32.2. The van der Waals surface area contributed by atoms with E-state index in [9.17, 15) is 8.42 Å². The molecule has 0 radical (unpaired) electrons. The minimum Gasteiger partial charge on any atom is -0.304 e. The van der Waals surface area contributed by atoms with Gasteiger partial charge < -0.3 is 4.90 Å². The molecule has 0 bridgehead atoms. The third kappa shape index (κ3) is 4.75. The summed E-state index contributed by atoms with van der Waals surface area (Å²) in [6, 6.07) is 1.96. The summed E-state index contributed by atoms with van der Waals surface area (Å²) in [5.74, 6) is 0. The topological polar surface area (TPSA) is 78.1 Å². The zero-order valence-electron chi connectivity index (χ0n) is 11.2. The third-order valence-corrected chi connectivity index (χ3v) is 4.27. The predicted molar refractivity (Wildman–Crippen MR) is 70.8 cm³/mol. The Labute approximate surface area is 109 Å². The molecule has 0 amide bonds. The van der Waals surface area contributed by atoms with Gasteiger partial charge in [-0.05, 0) is 46.3 Å². The number of aromatic amines is 1. The van der Waals surface area contributed by atoms with Gasteiger partial charge in [0, 0.05) is 12.6 Å². The lowest BCUT2D eigenvalue weighted by molar-refractivity contribution is 0.268. The van der Waals surface area contributed by atoms with Crippen LogP contribution >= 0.6 is 0 Å². The van der Waals surface area contributed by atoms with Gasteiger partial charge in [-0.25, -0.2) is 13.1 Å². The first-order valence-electron chi connectivity index (χ1n) is 6.13. The molecule has 0 aliphatic carbocycles. The molecule has 0 aliphatic rings. The summed E-state index contributed by atoms with van der Waals surface area (Å²) in [5, 5.41) is 6.18. The second-order valence-electron chi connectivity index (χ2n) is 4.60. The SMILES string of the molecule is CC(C)N(C)CCCCNS(=O)(=O)c1ccn[nH]1. The number of hydrogen-bond acceptors (Lipinski definition) is 4. The zero-order chi connectivity index (χ0) is 13.6. The van der Waals surface area contributed by atoms with Crippen molar-refractivity contribution in [1.29, 1.82) is 0 Å². The van der Waals surface area contributed by atoms with Crippen molar-refractivity contribution in [2.75, 3.05) is 20.1 Å². The number of rotatable bonds is 8. The molecule has 0 saturated heterocycles. The van der Waals surface area contributed by atoms with Gasteiger partial charge in [-0.15, -0.1) is 0 Å². The standard InChI is InChI=1S/C11H22N4O2S/c1-10(2)15(3)9-5-4-7-13-18(16,17)11-6-8-12-14-11/h6,8,10,13H,4-5,7,9H2,1-3H3,(H,12,14). The smallest absolute Gasteiger partial charge is 0.257 e. The van der Waals surface area contributed by atoms with Gasteiger partial charge in [-0.1, -0.05) is 0 Å². The maximum Gasteiger partial charge on any atom is 0.257 e. The molecule has 0 spiro atoms. The molecule has 18 heavy (non-hydrogen) atoms. The summed E-state index contributed by atoms with van der Waals surface area (Å²) in [6.45, 7) is 5.71. The fraction of sp³-hybridized carbons (Fsp3) is 0.727. The molecule has 0 atom stereocenters. The second-order valence-corrected chi connectivity index (χ2v) is 6.34. The van der Waals surface area contributed by atoms with Crippen molar-refractivity contribution in [3.8, 4) is 0 Å². The van der Waals surface area contributed by atoms with Gasteiger partial charge in [0.1, 0.15) is 0 Å². The van der Waals surface area contributed by atoms with E-state index in [1.165, 1.54) is 12.3 Å². The van der Waals surface area contributed by atoms with Crippen molar-refractivity contribution in [2.24, 2.45) is 0 Å². The van der Waals surface area contributed by atoms with Crippen LogP contribution in [-0.2, 0) is 10.0 Å². The van der Waals surface area contributed by atoms with E-state index in [-0.39, 0.29) is 5.03 Å². The molecule has 1 rings (SSSR count). The minimum absolute atomic E-state index is 0.113. The lowest BCUT2D eigenvalue weighted by Crippen LogP contribution is -2.29. The summed E-state index contributed by atoms with van der Waals surface area (Å²) >= 11 is 0. The van der Waals surface area contributed by atoms with Crippen LogP contribution in [0.1, 0.15) is 26.7 Å². The Bertz CT molecular complexity index is 428. The van der Waals surface area contributed by atoms with Crippen LogP contribution < -0.4 is 4.72 Å². The van der Waals surface area contributed by atoms with Crippen LogP contribution in [0.2, 0.25) is 0 Å². The molecule has 1 aromatic heterocycles. The van der Waals surface area contributed by atoms with E-state index >= 15 is 0 Å². The molecular weight excluding hydrogens is 252 g/mol. The highest BCUT2D eigenvalue weighted by Gasteiger charge is 2.14. The van der Waals surface area contributed by atoms with E-state index < -0.39 is 10.0 Å². The molecule has 2 N–H and O–H groups in total. The largest absolute Gasteiger partial charge is 0.304 e. The normalized spacial score (nSPS) is 12.5. The van der Waals surface area contributed by atoms with Crippen LogP contribution in [0.15, 0.2) is 17.3 Å². The number of sulfonamides is 1. The lowest BCUT2D eigenvalue weighted by atomic mass is 10.2. The molecule has 0 aliphatic heterocycles. The van der Waals surface area contributed by atoms with E-state index in [2.05, 4.69) is 40.7 Å². The van der Waals surface area contributed by atoms with Crippen molar-refractivity contribution in [1.82, 2.24) is 19.8 Å². The summed E-state index contributed by atoms with van der Waals surface area (Å²) < 4.78 is 26.0. The molecular formula is C11H22N4O2S. The average molecular weight is 274 g/mol. The molecule has 6 nitrogen and oxygen atoms in total. The van der Waals surface area contributed by atoms with E-state index in [1.807, 2.05) is 0 Å². The van der Waals surface area contributed by atoms with Crippen LogP contribution in [0.25, 0.3) is 0 Å². The second kappa shape index (κ2) is 6.86. The molecule has 1 heterocycles. The Hall–Kier alpha value is -0.920. The molecule has 0 saturated carbocycles. The predicted octanol–water partition coefficient (Wildman–Crippen LogP) is 0.808. The number of hydrogen-bond donors (Lipinski definition) is 2. The van der Waals surface area contributed by atoms with Gasteiger partial charge in [0.2, 0.25) is 0 Å². The van der Waals surface area contributed by atoms with Crippen LogP contribution in [-0.4, -0.2) is 49.7 Å². The van der Waals surface area contributed by atoms with Gasteiger partial charge in [0.25, 0.3) is 10.0 Å². The number of nitrogens with zero attached hydrogens (tertiary/aromatic N) is 2. The van der Waals surface area contributed by atoms with E-state index in [0.717, 1.165) is 19.4 Å². The minimum atomic E-state index is -3.42. The zero-order valence-corrected chi connectivity index (χ0v) is 12.0. The first-order chi connectivity index (χ1) is 8.43. The third-order valence-electron chi connectivity index (χ3n) is 2.88. The molecule has 104 valence electrons. The van der Waals surface area contributed by atoms with Crippen molar-refractivity contribution in [2.45, 2.75) is 37.8 Å². The molecule has 0 fully saturated rings. The highest BCUT2D eigenvalue weighted by Crippen LogP contribution is 2.03. The van der Waals surface area contributed by atoms with Crippen LogP contribution in [0, 0.1) is 0 Å². The average Bonchev–Trinajstić information content (AvgIpc) is 2.82. The molecule has 0 unspecified atom stereocenters. The summed E-state index contributed by atoms with van der Waals surface area (Å²) in [4.78, 5) is 2.24. The Morgan fingerprint density at radius 1 is 1.44 bits per heavy atom. The summed E-state index contributed by atoms with van der Waals surface area (Å²) in [5.41, 5.74) is 0. The maximum absolute atomic E-state index is 11.7. The Balaban J connectivity index is 2.23. The fourth-order valence-electron chi connectivity index (χ4n) is 1.42. The summed E-state index contributed by atoms with van der Waals surface area (Å²) in [7, 11) is -1.35. The van der Waals surface area contributed by atoms with E-state index in [1.54, 1.807) is 0 Å². The van der Waals surface area contributed by atoms with Crippen molar-refractivity contribution in [3.05, 3.63) is 12.3 Å². The van der Waals surface area contributed by atoms with Crippen molar-refractivity contribution >= 4 is 10.0 Å². The molecule has 1 aromatic rings. The lowest BCUT2D eigenvalue weighted by Gasteiger charge is -2.20. The first-order valence-corrected chi connectivity index (χ1v) is 7.61. The van der Waals surface area contributed by atoms with E-state index in [0.29, 0.717) is 12.6 Å². The number of H-pyrrole nitrogens is 1. The fourth-order valence-corrected chi connectivity index (χ4v) is 2.40. The Morgan fingerprint density at radius 2 is 2.17 bits per heavy atom. The van der Waals surface area contributed by atoms with Crippen LogP contribution in [0.3, 0.4) is 0 Å². The van der Waals surface area contributed by atoms with Crippen molar-refractivity contribution in [3.63, 3.8) is 0 Å². The van der Waals surface area contributed by atoms with Gasteiger partial charge in [0.15, 0.2) is 5.03 Å². The van der Waals surface area contributed by atoms with Gasteiger partial charge >= 0.3 is 0 Å². The number of aromatic nitrogens is 2. The Kier molecular flexibility index (Phi) is 5.77. The van der Waals surface area contributed by atoms with Gasteiger partial charge in [-0.3, -0.25) is 5.10 Å². The highest BCUT2D eigenvalue weighted by molar-refractivity contribution is 7.89. The number of nitrogens with one attached hydrogen (secondary N) is 2. The Morgan fingerprint density at radius 3 is 2.72 bits per heavy atom. The monoisotopic (exact) mass is 274 g/mol. The quantitative estimate of drug-likeness (QED) is 0.688. The van der Waals surface area contributed by atoms with Gasteiger partial charge in [-0.2, -0.15) is 5.10 Å². The molecule has 7 heteroatoms. The van der Waals surface area contributed by atoms with Crippen LogP contribution in [0.4, 0.5) is 0 Å². The van der Waals surface area contributed by atoms with Gasteiger partial charge in [0.05, 0.1) is 6.20 Å². The van der Waals surface area contributed by atoms with Crippen LogP contribution in [0.5, 0.6) is 0 Å². The van der Waals surface area contributed by atoms with Crippen molar-refractivity contribution < 1.29 is 8.42 Å². The maximum atomic E-state index is 11.7.